The van der Waals surface area contributed by atoms with Crippen LogP contribution in [0.5, 0.6) is 0 Å². The van der Waals surface area contributed by atoms with Crippen LogP contribution in [0.3, 0.4) is 0 Å². The quantitative estimate of drug-likeness (QED) is 0.636. The summed E-state index contributed by atoms with van der Waals surface area (Å²) in [4.78, 5) is 0. The van der Waals surface area contributed by atoms with Gasteiger partial charge in [-0.15, -0.1) is 0 Å². The van der Waals surface area contributed by atoms with E-state index in [1.54, 1.807) is 0 Å². The molecule has 3 aromatic carbocycles. The minimum atomic E-state index is 0.487. The van der Waals surface area contributed by atoms with Gasteiger partial charge in [0.15, 0.2) is 0 Å². The molecule has 1 heteroatoms. The third kappa shape index (κ3) is 3.52. The van der Waals surface area contributed by atoms with E-state index in [2.05, 4.69) is 85.0 Å². The number of nitrogens with one attached hydrogen (secondary N) is 1. The zero-order chi connectivity index (χ0) is 17.1. The first kappa shape index (κ1) is 16.1. The van der Waals surface area contributed by atoms with Crippen molar-refractivity contribution in [1.29, 1.82) is 0 Å². The normalized spacial score (nSPS) is 16.4. The summed E-state index contributed by atoms with van der Waals surface area (Å²) in [6.07, 6.45) is 3.73. The molecule has 1 atom stereocenters. The van der Waals surface area contributed by atoms with Crippen molar-refractivity contribution >= 4 is 0 Å². The highest BCUT2D eigenvalue weighted by Gasteiger charge is 2.18. The molecule has 1 aliphatic carbocycles. The van der Waals surface area contributed by atoms with Gasteiger partial charge < -0.3 is 5.32 Å². The van der Waals surface area contributed by atoms with Gasteiger partial charge in [0.2, 0.25) is 0 Å². The zero-order valence-corrected chi connectivity index (χ0v) is 14.8. The highest BCUT2D eigenvalue weighted by Crippen LogP contribution is 2.30. The molecule has 0 amide bonds. The van der Waals surface area contributed by atoms with Gasteiger partial charge in [-0.1, -0.05) is 72.8 Å². The van der Waals surface area contributed by atoms with Gasteiger partial charge in [0.05, 0.1) is 0 Å². The molecule has 0 bridgehead atoms. The van der Waals surface area contributed by atoms with Gasteiger partial charge in [-0.25, -0.2) is 0 Å². The molecule has 0 aromatic heterocycles. The van der Waals surface area contributed by atoms with Crippen molar-refractivity contribution < 1.29 is 0 Å². The maximum absolute atomic E-state index is 3.76. The van der Waals surface area contributed by atoms with Crippen LogP contribution in [-0.2, 0) is 13.0 Å². The first-order chi connectivity index (χ1) is 12.3. The van der Waals surface area contributed by atoms with E-state index in [0.717, 1.165) is 6.54 Å². The van der Waals surface area contributed by atoms with Crippen molar-refractivity contribution in [2.24, 2.45) is 0 Å². The first-order valence-electron chi connectivity index (χ1n) is 9.27. The molecule has 0 aliphatic heterocycles. The molecular formula is C24H25N. The lowest BCUT2D eigenvalue weighted by Crippen LogP contribution is -2.24. The van der Waals surface area contributed by atoms with Crippen molar-refractivity contribution in [3.05, 3.63) is 95.1 Å². The highest BCUT2D eigenvalue weighted by atomic mass is 14.9. The Morgan fingerprint density at radius 3 is 2.48 bits per heavy atom. The van der Waals surface area contributed by atoms with Crippen LogP contribution in [-0.4, -0.2) is 0 Å². The lowest BCUT2D eigenvalue weighted by Gasteiger charge is -2.26. The van der Waals surface area contributed by atoms with Crippen molar-refractivity contribution in [2.75, 3.05) is 0 Å². The van der Waals surface area contributed by atoms with Gasteiger partial charge in [0.25, 0.3) is 0 Å². The fraction of sp³-hybridized carbons (Fsp3) is 0.250. The molecule has 0 spiro atoms. The van der Waals surface area contributed by atoms with Crippen LogP contribution in [0, 0.1) is 6.92 Å². The molecule has 3 aromatic rings. The third-order valence-electron chi connectivity index (χ3n) is 5.33. The van der Waals surface area contributed by atoms with Gasteiger partial charge in [-0.2, -0.15) is 0 Å². The van der Waals surface area contributed by atoms with Gasteiger partial charge >= 0.3 is 0 Å². The summed E-state index contributed by atoms with van der Waals surface area (Å²) < 4.78 is 0. The molecule has 1 aliphatic rings. The van der Waals surface area contributed by atoms with E-state index >= 15 is 0 Å². The van der Waals surface area contributed by atoms with Gasteiger partial charge in [0, 0.05) is 12.6 Å². The van der Waals surface area contributed by atoms with E-state index in [-0.39, 0.29) is 0 Å². The largest absolute Gasteiger partial charge is 0.306 e. The summed E-state index contributed by atoms with van der Waals surface area (Å²) in [5.74, 6) is 0. The number of fused-ring (bicyclic) bond motifs is 1. The topological polar surface area (TPSA) is 12.0 Å². The van der Waals surface area contributed by atoms with Crippen molar-refractivity contribution in [2.45, 2.75) is 38.8 Å². The monoisotopic (exact) mass is 327 g/mol. The number of aryl methyl sites for hydroxylation is 2. The third-order valence-corrected chi connectivity index (χ3v) is 5.33. The highest BCUT2D eigenvalue weighted by molar-refractivity contribution is 5.67. The van der Waals surface area contributed by atoms with Crippen LogP contribution in [0.15, 0.2) is 72.8 Å². The maximum Gasteiger partial charge on any atom is 0.0326 e. The lowest BCUT2D eigenvalue weighted by molar-refractivity contribution is 0.459. The van der Waals surface area contributed by atoms with Crippen molar-refractivity contribution in [3.63, 3.8) is 0 Å². The van der Waals surface area contributed by atoms with E-state index < -0.39 is 0 Å². The number of benzene rings is 3. The zero-order valence-electron chi connectivity index (χ0n) is 14.8. The second-order valence-corrected chi connectivity index (χ2v) is 7.04. The average molecular weight is 327 g/mol. The van der Waals surface area contributed by atoms with E-state index in [1.165, 1.54) is 52.6 Å². The van der Waals surface area contributed by atoms with Crippen molar-refractivity contribution in [3.8, 4) is 11.1 Å². The SMILES string of the molecule is Cc1ccccc1-c1ccc(CN[C@H]2CCCc3ccccc32)cc1. The minimum absolute atomic E-state index is 0.487. The first-order valence-corrected chi connectivity index (χ1v) is 9.27. The summed E-state index contributed by atoms with van der Waals surface area (Å²) in [6, 6.07) is 26.9. The Morgan fingerprint density at radius 2 is 1.64 bits per heavy atom. The summed E-state index contributed by atoms with van der Waals surface area (Å²) in [5, 5.41) is 3.76. The molecule has 0 fully saturated rings. The van der Waals surface area contributed by atoms with Crippen LogP contribution in [0.4, 0.5) is 0 Å². The van der Waals surface area contributed by atoms with Crippen LogP contribution in [0.1, 0.15) is 41.1 Å². The molecular weight excluding hydrogens is 302 g/mol. The molecule has 4 rings (SSSR count). The number of rotatable bonds is 4. The Labute approximate surface area is 150 Å². The predicted molar refractivity (Wildman–Crippen MR) is 106 cm³/mol. The van der Waals surface area contributed by atoms with Crippen molar-refractivity contribution in [1.82, 2.24) is 5.32 Å². The Kier molecular flexibility index (Phi) is 4.67. The molecule has 0 saturated heterocycles. The lowest BCUT2D eigenvalue weighted by atomic mass is 9.87. The van der Waals surface area contributed by atoms with Crippen LogP contribution >= 0.6 is 0 Å². The summed E-state index contributed by atoms with van der Waals surface area (Å²) in [6.45, 7) is 3.10. The van der Waals surface area contributed by atoms with Gasteiger partial charge in [0.1, 0.15) is 0 Å². The molecule has 0 radical (unpaired) electrons. The fourth-order valence-electron chi connectivity index (χ4n) is 3.91. The second kappa shape index (κ2) is 7.25. The standard InChI is InChI=1S/C24H25N/c1-18-7-2-4-10-22(18)21-15-13-19(14-16-21)17-25-24-12-6-9-20-8-3-5-11-23(20)24/h2-5,7-8,10-11,13-16,24-25H,6,9,12,17H2,1H3/t24-/m0/s1. The summed E-state index contributed by atoms with van der Waals surface area (Å²) in [7, 11) is 0. The van der Waals surface area contributed by atoms with Gasteiger partial charge in [-0.3, -0.25) is 0 Å². The van der Waals surface area contributed by atoms with E-state index in [0.29, 0.717) is 6.04 Å². The number of hydrogen-bond donors (Lipinski definition) is 1. The van der Waals surface area contributed by atoms with Crippen LogP contribution in [0.25, 0.3) is 11.1 Å². The maximum atomic E-state index is 3.76. The minimum Gasteiger partial charge on any atom is -0.306 e. The molecule has 0 saturated carbocycles. The molecule has 25 heavy (non-hydrogen) atoms. The molecule has 126 valence electrons. The Hall–Kier alpha value is -2.38. The average Bonchev–Trinajstić information content (AvgIpc) is 2.67. The van der Waals surface area contributed by atoms with Gasteiger partial charge in [-0.05, 0) is 59.6 Å². The summed E-state index contributed by atoms with van der Waals surface area (Å²) >= 11 is 0. The smallest absolute Gasteiger partial charge is 0.0326 e. The molecule has 1 nitrogen and oxygen atoms in total. The van der Waals surface area contributed by atoms with E-state index in [4.69, 9.17) is 0 Å². The van der Waals surface area contributed by atoms with E-state index in [1.807, 2.05) is 0 Å². The molecule has 0 unspecified atom stereocenters. The Balaban J connectivity index is 1.45. The predicted octanol–water partition coefficient (Wildman–Crippen LogP) is 5.83. The fourth-order valence-corrected chi connectivity index (χ4v) is 3.91. The molecule has 0 heterocycles. The van der Waals surface area contributed by atoms with E-state index in [9.17, 15) is 0 Å². The van der Waals surface area contributed by atoms with Crippen LogP contribution in [0.2, 0.25) is 0 Å². The van der Waals surface area contributed by atoms with Crippen LogP contribution < -0.4 is 5.32 Å². The second-order valence-electron chi connectivity index (χ2n) is 7.04. The number of hydrogen-bond acceptors (Lipinski definition) is 1. The summed E-state index contributed by atoms with van der Waals surface area (Å²) in [5.41, 5.74) is 8.30. The molecule has 1 N–H and O–H groups in total. The Bertz CT molecular complexity index is 848. The Morgan fingerprint density at radius 1 is 0.880 bits per heavy atom.